The minimum atomic E-state index is -0.637. The molecule has 11 nitrogen and oxygen atoms in total. The Morgan fingerprint density at radius 1 is 0.653 bits per heavy atom. The van der Waals surface area contributed by atoms with E-state index in [0.29, 0.717) is 62.9 Å². The third-order valence-electron chi connectivity index (χ3n) is 6.55. The highest BCUT2D eigenvalue weighted by Crippen LogP contribution is 2.26. The van der Waals surface area contributed by atoms with E-state index in [-0.39, 0.29) is 11.3 Å². The summed E-state index contributed by atoms with van der Waals surface area (Å²) < 4.78 is 31.6. The molecular weight excluding hydrogens is 630 g/mol. The third kappa shape index (κ3) is 14.1. The highest BCUT2D eigenvalue weighted by atomic mass is 16.5. The normalized spacial score (nSPS) is 10.7. The van der Waals surface area contributed by atoms with Crippen molar-refractivity contribution >= 4 is 41.9 Å². The van der Waals surface area contributed by atoms with Crippen molar-refractivity contribution in [2.24, 2.45) is 4.99 Å². The standard InChI is InChI=1S/C38H39NO10/c1-4-35(40)47-24-8-6-22-45-30-15-10-28(11-16-30)14-21-37(42)49-32-19-20-34(33(26-32)38(43)44-3)39-27-29-12-17-31(18-13-29)46-23-7-9-25-48-36(41)5-2/h4-5,10-21,26-27H,1-2,6-9,22-25H2,3H3. The molecule has 11 heteroatoms. The molecule has 3 rings (SSSR count). The average molecular weight is 670 g/mol. The van der Waals surface area contributed by atoms with E-state index in [1.165, 1.54) is 25.3 Å². The van der Waals surface area contributed by atoms with Gasteiger partial charge in [-0.25, -0.2) is 19.2 Å². The van der Waals surface area contributed by atoms with E-state index in [4.69, 9.17) is 28.4 Å². The number of aliphatic imine (C=N–C) groups is 1. The Bertz CT molecular complexity index is 1630. The van der Waals surface area contributed by atoms with E-state index >= 15 is 0 Å². The molecule has 0 radical (unpaired) electrons. The number of unbranched alkanes of at least 4 members (excludes halogenated alkanes) is 2. The van der Waals surface area contributed by atoms with Crippen molar-refractivity contribution in [2.75, 3.05) is 33.5 Å². The first-order valence-corrected chi connectivity index (χ1v) is 15.5. The van der Waals surface area contributed by atoms with E-state index in [9.17, 15) is 19.2 Å². The van der Waals surface area contributed by atoms with E-state index in [1.54, 1.807) is 54.8 Å². The van der Waals surface area contributed by atoms with Crippen LogP contribution in [-0.4, -0.2) is 63.6 Å². The summed E-state index contributed by atoms with van der Waals surface area (Å²) in [4.78, 5) is 51.5. The molecule has 0 bridgehead atoms. The summed E-state index contributed by atoms with van der Waals surface area (Å²) in [6.45, 7) is 8.26. The summed E-state index contributed by atoms with van der Waals surface area (Å²) in [6.07, 6.45) is 9.51. The van der Waals surface area contributed by atoms with E-state index < -0.39 is 23.9 Å². The van der Waals surface area contributed by atoms with Gasteiger partial charge in [-0.2, -0.15) is 0 Å². The molecule has 0 aliphatic rings. The molecule has 0 aliphatic carbocycles. The lowest BCUT2D eigenvalue weighted by atomic mass is 10.1. The number of carbonyl (C=O) groups excluding carboxylic acids is 4. The zero-order valence-corrected chi connectivity index (χ0v) is 27.3. The Morgan fingerprint density at radius 3 is 1.69 bits per heavy atom. The summed E-state index contributed by atoms with van der Waals surface area (Å²) in [5.41, 5.74) is 1.98. The number of ether oxygens (including phenoxy) is 6. The molecule has 0 unspecified atom stereocenters. The van der Waals surface area contributed by atoms with Crippen LogP contribution < -0.4 is 14.2 Å². The second-order valence-corrected chi connectivity index (χ2v) is 10.2. The first-order valence-electron chi connectivity index (χ1n) is 15.5. The number of hydrogen-bond donors (Lipinski definition) is 0. The zero-order chi connectivity index (χ0) is 35.3. The molecule has 0 aliphatic heterocycles. The van der Waals surface area contributed by atoms with Gasteiger partial charge in [0.05, 0.1) is 44.8 Å². The van der Waals surface area contributed by atoms with Gasteiger partial charge in [0.1, 0.15) is 17.2 Å². The van der Waals surface area contributed by atoms with Crippen LogP contribution in [0.3, 0.4) is 0 Å². The second kappa shape index (κ2) is 21.0. The van der Waals surface area contributed by atoms with Gasteiger partial charge in [0.25, 0.3) is 0 Å². The molecule has 3 aromatic rings. The third-order valence-corrected chi connectivity index (χ3v) is 6.55. The molecule has 0 aromatic heterocycles. The van der Waals surface area contributed by atoms with Crippen molar-refractivity contribution in [3.8, 4) is 17.2 Å². The molecule has 0 N–H and O–H groups in total. The van der Waals surface area contributed by atoms with Crippen LogP contribution in [0.2, 0.25) is 0 Å². The van der Waals surface area contributed by atoms with Crippen molar-refractivity contribution < 1.29 is 47.6 Å². The summed E-state index contributed by atoms with van der Waals surface area (Å²) in [5, 5.41) is 0. The fourth-order valence-corrected chi connectivity index (χ4v) is 4.00. The molecule has 256 valence electrons. The lowest BCUT2D eigenvalue weighted by Crippen LogP contribution is -2.06. The van der Waals surface area contributed by atoms with Gasteiger partial charge < -0.3 is 28.4 Å². The molecule has 0 saturated carbocycles. The van der Waals surface area contributed by atoms with Gasteiger partial charge in [-0.15, -0.1) is 0 Å². The fraction of sp³-hybridized carbons (Fsp3) is 0.237. The first kappa shape index (κ1) is 37.5. The lowest BCUT2D eigenvalue weighted by molar-refractivity contribution is -0.138. The Labute approximate surface area is 285 Å². The molecule has 3 aromatic carbocycles. The first-order chi connectivity index (χ1) is 23.8. The maximum atomic E-state index is 12.5. The van der Waals surface area contributed by atoms with Crippen molar-refractivity contribution in [3.05, 3.63) is 115 Å². The van der Waals surface area contributed by atoms with Gasteiger partial charge in [0, 0.05) is 24.4 Å². The number of rotatable bonds is 20. The molecule has 0 amide bonds. The molecule has 0 fully saturated rings. The molecule has 0 heterocycles. The Balaban J connectivity index is 1.49. The smallest absolute Gasteiger partial charge is 0.340 e. The minimum absolute atomic E-state index is 0.125. The predicted molar refractivity (Wildman–Crippen MR) is 184 cm³/mol. The molecule has 0 atom stereocenters. The summed E-state index contributed by atoms with van der Waals surface area (Å²) in [6, 6.07) is 18.9. The van der Waals surface area contributed by atoms with Crippen LogP contribution in [0.25, 0.3) is 6.08 Å². The molecule has 0 saturated heterocycles. The second-order valence-electron chi connectivity index (χ2n) is 10.2. The fourth-order valence-electron chi connectivity index (χ4n) is 4.00. The average Bonchev–Trinajstić information content (AvgIpc) is 3.13. The summed E-state index contributed by atoms with van der Waals surface area (Å²) in [7, 11) is 1.25. The van der Waals surface area contributed by atoms with Gasteiger partial charge in [-0.1, -0.05) is 25.3 Å². The summed E-state index contributed by atoms with van der Waals surface area (Å²) >= 11 is 0. The Hall–Kier alpha value is -5.97. The van der Waals surface area contributed by atoms with Crippen LogP contribution in [0.4, 0.5) is 5.69 Å². The lowest BCUT2D eigenvalue weighted by Gasteiger charge is -2.08. The largest absolute Gasteiger partial charge is 0.494 e. The Morgan fingerprint density at radius 2 is 1.16 bits per heavy atom. The SMILES string of the molecule is C=CC(=O)OCCCCOc1ccc(C=CC(=O)Oc2ccc(N=Cc3ccc(OCCCCOC(=O)C=C)cc3)c(C(=O)OC)c2)cc1. The maximum Gasteiger partial charge on any atom is 0.340 e. The molecule has 0 spiro atoms. The van der Waals surface area contributed by atoms with Crippen LogP contribution in [0.15, 0.2) is 103 Å². The Kier molecular flexibility index (Phi) is 16.1. The highest BCUT2D eigenvalue weighted by Gasteiger charge is 2.14. The van der Waals surface area contributed by atoms with E-state index in [2.05, 4.69) is 18.2 Å². The minimum Gasteiger partial charge on any atom is -0.494 e. The van der Waals surface area contributed by atoms with Crippen LogP contribution in [-0.2, 0) is 28.6 Å². The van der Waals surface area contributed by atoms with Gasteiger partial charge in [0.15, 0.2) is 0 Å². The van der Waals surface area contributed by atoms with E-state index in [1.807, 2.05) is 12.1 Å². The number of nitrogens with zero attached hydrogens (tertiary/aromatic N) is 1. The van der Waals surface area contributed by atoms with Crippen molar-refractivity contribution in [3.63, 3.8) is 0 Å². The van der Waals surface area contributed by atoms with Gasteiger partial charge in [-0.3, -0.25) is 4.99 Å². The number of benzene rings is 3. The highest BCUT2D eigenvalue weighted by molar-refractivity contribution is 5.97. The zero-order valence-electron chi connectivity index (χ0n) is 27.3. The number of esters is 4. The quantitative estimate of drug-likeness (QED) is 0.0322. The summed E-state index contributed by atoms with van der Waals surface area (Å²) in [5.74, 6) is -0.664. The monoisotopic (exact) mass is 669 g/mol. The topological polar surface area (TPSA) is 136 Å². The van der Waals surface area contributed by atoms with Gasteiger partial charge in [0.2, 0.25) is 0 Å². The van der Waals surface area contributed by atoms with Crippen molar-refractivity contribution in [1.82, 2.24) is 0 Å². The molecular formula is C38H39NO10. The van der Waals surface area contributed by atoms with Gasteiger partial charge in [-0.05, 0) is 97.5 Å². The maximum absolute atomic E-state index is 12.5. The number of carbonyl (C=O) groups is 4. The van der Waals surface area contributed by atoms with Crippen LogP contribution in [0.5, 0.6) is 17.2 Å². The van der Waals surface area contributed by atoms with Crippen LogP contribution in [0, 0.1) is 0 Å². The van der Waals surface area contributed by atoms with Crippen molar-refractivity contribution in [1.29, 1.82) is 0 Å². The van der Waals surface area contributed by atoms with Gasteiger partial charge >= 0.3 is 23.9 Å². The van der Waals surface area contributed by atoms with E-state index in [0.717, 1.165) is 29.7 Å². The van der Waals surface area contributed by atoms with Crippen molar-refractivity contribution in [2.45, 2.75) is 25.7 Å². The van der Waals surface area contributed by atoms with Crippen LogP contribution >= 0.6 is 0 Å². The number of hydrogen-bond acceptors (Lipinski definition) is 11. The predicted octanol–water partition coefficient (Wildman–Crippen LogP) is 6.62. The molecule has 49 heavy (non-hydrogen) atoms. The van der Waals surface area contributed by atoms with Crippen LogP contribution in [0.1, 0.15) is 47.2 Å². The number of methoxy groups -OCH3 is 1.